The summed E-state index contributed by atoms with van der Waals surface area (Å²) in [6.07, 6.45) is 2.09. The highest BCUT2D eigenvalue weighted by Gasteiger charge is 2.28. The summed E-state index contributed by atoms with van der Waals surface area (Å²) in [5.74, 6) is 1.93. The first-order valence-electron chi connectivity index (χ1n) is 6.94. The molecule has 0 bridgehead atoms. The van der Waals surface area contributed by atoms with Crippen LogP contribution in [-0.2, 0) is 11.3 Å². The molecule has 0 heterocycles. The van der Waals surface area contributed by atoms with E-state index in [1.54, 1.807) is 14.2 Å². The van der Waals surface area contributed by atoms with Crippen molar-refractivity contribution in [3.63, 3.8) is 0 Å². The van der Waals surface area contributed by atoms with Crippen LogP contribution in [0.3, 0.4) is 0 Å². The SMILES string of the molecule is COc1ccc(CNCCNC(=O)C2CC2)cc1OC. The summed E-state index contributed by atoms with van der Waals surface area (Å²) >= 11 is 0. The van der Waals surface area contributed by atoms with Crippen molar-refractivity contribution in [2.45, 2.75) is 19.4 Å². The number of benzene rings is 1. The minimum absolute atomic E-state index is 0.193. The van der Waals surface area contributed by atoms with Crippen molar-refractivity contribution in [2.75, 3.05) is 27.3 Å². The summed E-state index contributed by atoms with van der Waals surface area (Å²) in [5, 5.41) is 6.22. The molecule has 1 saturated carbocycles. The molecule has 2 rings (SSSR count). The van der Waals surface area contributed by atoms with Crippen molar-refractivity contribution in [1.29, 1.82) is 0 Å². The fourth-order valence-electron chi connectivity index (χ4n) is 1.99. The Kier molecular flexibility index (Phi) is 5.24. The minimum Gasteiger partial charge on any atom is -0.493 e. The quantitative estimate of drug-likeness (QED) is 0.704. The standard InChI is InChI=1S/C15H22N2O3/c1-19-13-6-3-11(9-14(13)20-2)10-16-7-8-17-15(18)12-4-5-12/h3,6,9,12,16H,4-5,7-8,10H2,1-2H3,(H,17,18). The van der Waals surface area contributed by atoms with E-state index in [9.17, 15) is 4.79 Å². The van der Waals surface area contributed by atoms with E-state index >= 15 is 0 Å². The van der Waals surface area contributed by atoms with E-state index < -0.39 is 0 Å². The lowest BCUT2D eigenvalue weighted by molar-refractivity contribution is -0.122. The molecule has 0 aromatic heterocycles. The zero-order chi connectivity index (χ0) is 14.4. The number of hydrogen-bond acceptors (Lipinski definition) is 4. The van der Waals surface area contributed by atoms with E-state index in [2.05, 4.69) is 10.6 Å². The van der Waals surface area contributed by atoms with Crippen LogP contribution in [0.15, 0.2) is 18.2 Å². The lowest BCUT2D eigenvalue weighted by Gasteiger charge is -2.10. The van der Waals surface area contributed by atoms with Gasteiger partial charge in [-0.3, -0.25) is 4.79 Å². The van der Waals surface area contributed by atoms with Gasteiger partial charge in [-0.05, 0) is 30.5 Å². The van der Waals surface area contributed by atoms with Crippen molar-refractivity contribution < 1.29 is 14.3 Å². The maximum atomic E-state index is 11.4. The van der Waals surface area contributed by atoms with Gasteiger partial charge in [-0.25, -0.2) is 0 Å². The summed E-state index contributed by atoms with van der Waals surface area (Å²) in [6.45, 7) is 2.16. The Hall–Kier alpha value is -1.75. The molecule has 1 fully saturated rings. The number of ether oxygens (including phenoxy) is 2. The molecule has 20 heavy (non-hydrogen) atoms. The van der Waals surface area contributed by atoms with Gasteiger partial charge >= 0.3 is 0 Å². The average Bonchev–Trinajstić information content (AvgIpc) is 3.31. The first-order valence-corrected chi connectivity index (χ1v) is 6.94. The van der Waals surface area contributed by atoms with Crippen LogP contribution in [0.4, 0.5) is 0 Å². The van der Waals surface area contributed by atoms with Crippen molar-refractivity contribution in [1.82, 2.24) is 10.6 Å². The monoisotopic (exact) mass is 278 g/mol. The molecule has 110 valence electrons. The highest BCUT2D eigenvalue weighted by Crippen LogP contribution is 2.28. The normalized spacial score (nSPS) is 13.9. The maximum absolute atomic E-state index is 11.4. The first kappa shape index (κ1) is 14.7. The number of nitrogens with one attached hydrogen (secondary N) is 2. The lowest BCUT2D eigenvalue weighted by Crippen LogP contribution is -2.32. The highest BCUT2D eigenvalue weighted by molar-refractivity contribution is 5.80. The first-order chi connectivity index (χ1) is 9.74. The van der Waals surface area contributed by atoms with E-state index in [4.69, 9.17) is 9.47 Å². The number of carbonyl (C=O) groups is 1. The molecule has 1 aromatic rings. The van der Waals surface area contributed by atoms with Crippen LogP contribution in [0, 0.1) is 5.92 Å². The third kappa shape index (κ3) is 4.13. The Morgan fingerprint density at radius 2 is 1.95 bits per heavy atom. The molecular weight excluding hydrogens is 256 g/mol. The van der Waals surface area contributed by atoms with Crippen LogP contribution in [-0.4, -0.2) is 33.2 Å². The molecule has 2 N–H and O–H groups in total. The molecule has 0 aliphatic heterocycles. The van der Waals surface area contributed by atoms with E-state index in [0.29, 0.717) is 6.54 Å². The van der Waals surface area contributed by atoms with Gasteiger partial charge in [0, 0.05) is 25.6 Å². The summed E-state index contributed by atoms with van der Waals surface area (Å²) in [7, 11) is 3.25. The summed E-state index contributed by atoms with van der Waals surface area (Å²) in [4.78, 5) is 11.4. The van der Waals surface area contributed by atoms with Crippen LogP contribution in [0.25, 0.3) is 0 Å². The van der Waals surface area contributed by atoms with Crippen LogP contribution in [0.1, 0.15) is 18.4 Å². The molecule has 1 aromatic carbocycles. The predicted octanol–water partition coefficient (Wildman–Crippen LogP) is 1.32. The average molecular weight is 278 g/mol. The van der Waals surface area contributed by atoms with Crippen LogP contribution in [0.2, 0.25) is 0 Å². The van der Waals surface area contributed by atoms with Crippen molar-refractivity contribution in [2.24, 2.45) is 5.92 Å². The molecular formula is C15H22N2O3. The Morgan fingerprint density at radius 3 is 2.60 bits per heavy atom. The molecule has 0 radical (unpaired) electrons. The zero-order valence-electron chi connectivity index (χ0n) is 12.1. The van der Waals surface area contributed by atoms with Crippen molar-refractivity contribution in [3.8, 4) is 11.5 Å². The molecule has 5 nitrogen and oxygen atoms in total. The minimum atomic E-state index is 0.193. The van der Waals surface area contributed by atoms with E-state index in [0.717, 1.165) is 43.0 Å². The number of methoxy groups -OCH3 is 2. The van der Waals surface area contributed by atoms with Gasteiger partial charge in [0.1, 0.15) is 0 Å². The molecule has 0 atom stereocenters. The summed E-state index contributed by atoms with van der Waals surface area (Å²) < 4.78 is 10.5. The molecule has 1 aliphatic carbocycles. The van der Waals surface area contributed by atoms with Gasteiger partial charge in [0.15, 0.2) is 11.5 Å². The van der Waals surface area contributed by atoms with Crippen LogP contribution >= 0.6 is 0 Å². The van der Waals surface area contributed by atoms with Gasteiger partial charge in [0.2, 0.25) is 5.91 Å². The zero-order valence-corrected chi connectivity index (χ0v) is 12.1. The smallest absolute Gasteiger partial charge is 0.223 e. The van der Waals surface area contributed by atoms with Gasteiger partial charge in [-0.1, -0.05) is 6.07 Å². The third-order valence-electron chi connectivity index (χ3n) is 3.33. The molecule has 0 saturated heterocycles. The Morgan fingerprint density at radius 1 is 1.20 bits per heavy atom. The number of carbonyl (C=O) groups excluding carboxylic acids is 1. The van der Waals surface area contributed by atoms with Crippen LogP contribution in [0.5, 0.6) is 11.5 Å². The van der Waals surface area contributed by atoms with Gasteiger partial charge in [0.25, 0.3) is 0 Å². The molecule has 0 spiro atoms. The maximum Gasteiger partial charge on any atom is 0.223 e. The second-order valence-corrected chi connectivity index (χ2v) is 4.93. The second kappa shape index (κ2) is 7.14. The van der Waals surface area contributed by atoms with E-state index in [1.165, 1.54) is 0 Å². The third-order valence-corrected chi connectivity index (χ3v) is 3.33. The molecule has 5 heteroatoms. The summed E-state index contributed by atoms with van der Waals surface area (Å²) in [6, 6.07) is 5.84. The van der Waals surface area contributed by atoms with Crippen molar-refractivity contribution >= 4 is 5.91 Å². The Bertz CT molecular complexity index is 458. The Labute approximate surface area is 119 Å². The van der Waals surface area contributed by atoms with E-state index in [-0.39, 0.29) is 11.8 Å². The topological polar surface area (TPSA) is 59.6 Å². The number of amides is 1. The predicted molar refractivity (Wildman–Crippen MR) is 77.0 cm³/mol. The molecule has 1 aliphatic rings. The Balaban J connectivity index is 1.69. The molecule has 0 unspecified atom stereocenters. The number of hydrogen-bond donors (Lipinski definition) is 2. The fraction of sp³-hybridized carbons (Fsp3) is 0.533. The van der Waals surface area contributed by atoms with E-state index in [1.807, 2.05) is 18.2 Å². The molecule has 1 amide bonds. The summed E-state index contributed by atoms with van der Waals surface area (Å²) in [5.41, 5.74) is 1.12. The van der Waals surface area contributed by atoms with Gasteiger partial charge in [-0.2, -0.15) is 0 Å². The van der Waals surface area contributed by atoms with Gasteiger partial charge in [-0.15, -0.1) is 0 Å². The lowest BCUT2D eigenvalue weighted by atomic mass is 10.2. The second-order valence-electron chi connectivity index (χ2n) is 4.93. The fourth-order valence-corrected chi connectivity index (χ4v) is 1.99. The number of rotatable bonds is 8. The van der Waals surface area contributed by atoms with Crippen molar-refractivity contribution in [3.05, 3.63) is 23.8 Å². The highest BCUT2D eigenvalue weighted by atomic mass is 16.5. The van der Waals surface area contributed by atoms with Gasteiger partial charge in [0.05, 0.1) is 14.2 Å². The largest absolute Gasteiger partial charge is 0.493 e. The van der Waals surface area contributed by atoms with Gasteiger partial charge < -0.3 is 20.1 Å². The van der Waals surface area contributed by atoms with Crippen LogP contribution < -0.4 is 20.1 Å².